The monoisotopic (exact) mass is 234 g/mol. The van der Waals surface area contributed by atoms with Gasteiger partial charge in [-0.05, 0) is 37.8 Å². The largest absolute Gasteiger partial charge is 0.394 e. The Bertz CT molecular complexity index is 362. The van der Waals surface area contributed by atoms with E-state index in [1.54, 1.807) is 0 Å². The van der Waals surface area contributed by atoms with Crippen molar-refractivity contribution in [1.29, 1.82) is 0 Å². The minimum absolute atomic E-state index is 0.00742. The number of carbonyl (C=O) groups is 1. The highest BCUT2D eigenvalue weighted by atomic mass is 16.1. The summed E-state index contributed by atoms with van der Waals surface area (Å²) in [5.74, 6) is 0.00742. The van der Waals surface area contributed by atoms with Crippen LogP contribution in [0.3, 0.4) is 0 Å². The predicted octanol–water partition coefficient (Wildman–Crippen LogP) is 2.65. The van der Waals surface area contributed by atoms with E-state index in [-0.39, 0.29) is 5.91 Å². The highest BCUT2D eigenvalue weighted by Crippen LogP contribution is 2.11. The average molecular weight is 234 g/mol. The topological polar surface area (TPSA) is 41.1 Å². The third-order valence-corrected chi connectivity index (χ3v) is 2.15. The van der Waals surface area contributed by atoms with E-state index in [2.05, 4.69) is 17.2 Å². The van der Waals surface area contributed by atoms with Gasteiger partial charge in [-0.3, -0.25) is 4.79 Å². The van der Waals surface area contributed by atoms with E-state index in [4.69, 9.17) is 0 Å². The maximum absolute atomic E-state index is 11.3. The highest BCUT2D eigenvalue weighted by Gasteiger charge is 2.00. The first-order valence-corrected chi connectivity index (χ1v) is 5.72. The lowest BCUT2D eigenvalue weighted by Gasteiger charge is -2.07. The van der Waals surface area contributed by atoms with E-state index in [1.165, 1.54) is 0 Å². The van der Waals surface area contributed by atoms with Gasteiger partial charge in [0.1, 0.15) is 0 Å². The molecule has 0 aliphatic heterocycles. The molecule has 0 aromatic rings. The van der Waals surface area contributed by atoms with Crippen LogP contribution in [0.2, 0.25) is 0 Å². The molecule has 1 amide bonds. The average Bonchev–Trinajstić information content (AvgIpc) is 2.32. The summed E-state index contributed by atoms with van der Waals surface area (Å²) >= 11 is 0. The Labute approximate surface area is 104 Å². The number of carbonyl (C=O) groups excluding carboxylic acids is 1. The summed E-state index contributed by atoms with van der Waals surface area (Å²) in [6, 6.07) is 0. The Hall–Kier alpha value is -1.77. The lowest BCUT2D eigenvalue weighted by atomic mass is 10.1. The van der Waals surface area contributed by atoms with Gasteiger partial charge in [-0.15, -0.1) is 0 Å². The van der Waals surface area contributed by atoms with Crippen LogP contribution in [0, 0.1) is 0 Å². The van der Waals surface area contributed by atoms with Crippen LogP contribution in [0.25, 0.3) is 0 Å². The van der Waals surface area contributed by atoms with E-state index in [9.17, 15) is 4.79 Å². The van der Waals surface area contributed by atoms with E-state index < -0.39 is 0 Å². The fourth-order valence-corrected chi connectivity index (χ4v) is 1.10. The third-order valence-electron chi connectivity index (χ3n) is 2.15. The predicted molar refractivity (Wildman–Crippen MR) is 73.3 cm³/mol. The zero-order chi connectivity index (χ0) is 13.3. The van der Waals surface area contributed by atoms with Crippen molar-refractivity contribution >= 4 is 5.91 Å². The molecule has 0 saturated carbocycles. The van der Waals surface area contributed by atoms with E-state index in [0.29, 0.717) is 6.42 Å². The van der Waals surface area contributed by atoms with Gasteiger partial charge in [-0.2, -0.15) is 0 Å². The van der Waals surface area contributed by atoms with Crippen molar-refractivity contribution in [1.82, 2.24) is 10.6 Å². The lowest BCUT2D eigenvalue weighted by molar-refractivity contribution is -0.120. The molecule has 3 heteroatoms. The quantitative estimate of drug-likeness (QED) is 0.694. The maximum atomic E-state index is 11.3. The molecule has 94 valence electrons. The fraction of sp³-hybridized carbons (Fsp3) is 0.357. The first-order valence-electron chi connectivity index (χ1n) is 5.72. The number of allylic oxidation sites excluding steroid dienone is 5. The van der Waals surface area contributed by atoms with Crippen molar-refractivity contribution in [2.24, 2.45) is 0 Å². The van der Waals surface area contributed by atoms with Gasteiger partial charge in [0.15, 0.2) is 0 Å². The molecule has 0 bridgehead atoms. The van der Waals surface area contributed by atoms with Gasteiger partial charge < -0.3 is 10.6 Å². The molecule has 0 unspecified atom stereocenters. The molecule has 0 atom stereocenters. The summed E-state index contributed by atoms with van der Waals surface area (Å²) in [5, 5.41) is 5.76. The Morgan fingerprint density at radius 2 is 2.06 bits per heavy atom. The minimum atomic E-state index is 0.00742. The van der Waals surface area contributed by atoms with Crippen molar-refractivity contribution < 1.29 is 4.79 Å². The van der Waals surface area contributed by atoms with Gasteiger partial charge in [-0.25, -0.2) is 0 Å². The van der Waals surface area contributed by atoms with Gasteiger partial charge in [0.25, 0.3) is 0 Å². The molecular weight excluding hydrogens is 212 g/mol. The molecule has 0 saturated heterocycles. The van der Waals surface area contributed by atoms with Crippen molar-refractivity contribution in [3.8, 4) is 0 Å². The summed E-state index contributed by atoms with van der Waals surface area (Å²) in [6.45, 7) is 9.55. The van der Waals surface area contributed by atoms with Gasteiger partial charge in [0.2, 0.25) is 5.91 Å². The first kappa shape index (κ1) is 15.2. The summed E-state index contributed by atoms with van der Waals surface area (Å²) in [4.78, 5) is 11.3. The standard InChI is InChI=1S/C14H22N2O/c1-6-13(16-14(17)7-2)10-12(11(3)4)8-9-15-5/h6,8-10,15H,3,7H2,1-2,4-5H3,(H,16,17)/b9-8-,12-10-,13-6+. The summed E-state index contributed by atoms with van der Waals surface area (Å²) in [5.41, 5.74) is 2.71. The van der Waals surface area contributed by atoms with Crippen LogP contribution in [0.4, 0.5) is 0 Å². The molecule has 0 fully saturated rings. The molecule has 0 aromatic carbocycles. The van der Waals surface area contributed by atoms with Crippen molar-refractivity contribution in [3.05, 3.63) is 47.9 Å². The summed E-state index contributed by atoms with van der Waals surface area (Å²) in [7, 11) is 1.84. The Balaban J connectivity index is 4.94. The van der Waals surface area contributed by atoms with Crippen LogP contribution in [-0.2, 0) is 4.79 Å². The molecule has 0 aliphatic carbocycles. The maximum Gasteiger partial charge on any atom is 0.224 e. The van der Waals surface area contributed by atoms with Crippen LogP contribution in [-0.4, -0.2) is 13.0 Å². The first-order chi connectivity index (χ1) is 8.04. The van der Waals surface area contributed by atoms with Crippen LogP contribution < -0.4 is 10.6 Å². The molecule has 0 spiro atoms. The number of hydrogen-bond donors (Lipinski definition) is 2. The normalized spacial score (nSPS) is 12.7. The van der Waals surface area contributed by atoms with Crippen LogP contribution >= 0.6 is 0 Å². The van der Waals surface area contributed by atoms with Gasteiger partial charge in [-0.1, -0.05) is 25.2 Å². The van der Waals surface area contributed by atoms with Gasteiger partial charge in [0.05, 0.1) is 0 Å². The van der Waals surface area contributed by atoms with E-state index in [0.717, 1.165) is 16.8 Å². The smallest absolute Gasteiger partial charge is 0.224 e. The Morgan fingerprint density at radius 3 is 2.47 bits per heavy atom. The number of rotatable bonds is 6. The summed E-state index contributed by atoms with van der Waals surface area (Å²) in [6.07, 6.45) is 7.99. The second kappa shape index (κ2) is 8.39. The molecular formula is C14H22N2O. The van der Waals surface area contributed by atoms with Crippen molar-refractivity contribution in [3.63, 3.8) is 0 Å². The zero-order valence-corrected chi connectivity index (χ0v) is 11.1. The lowest BCUT2D eigenvalue weighted by Crippen LogP contribution is -2.20. The zero-order valence-electron chi connectivity index (χ0n) is 11.1. The number of nitrogens with one attached hydrogen (secondary N) is 2. The van der Waals surface area contributed by atoms with Crippen molar-refractivity contribution in [2.75, 3.05) is 7.05 Å². The molecule has 0 rings (SSSR count). The molecule has 17 heavy (non-hydrogen) atoms. The van der Waals surface area contributed by atoms with Crippen LogP contribution in [0.1, 0.15) is 27.2 Å². The number of amides is 1. The Morgan fingerprint density at radius 1 is 1.41 bits per heavy atom. The van der Waals surface area contributed by atoms with Crippen LogP contribution in [0.5, 0.6) is 0 Å². The SMILES string of the molecule is C=C(C)C(/C=C\NC)=C\C(=C/C)NC(=O)CC. The van der Waals surface area contributed by atoms with E-state index >= 15 is 0 Å². The highest BCUT2D eigenvalue weighted by molar-refractivity contribution is 5.78. The fourth-order valence-electron chi connectivity index (χ4n) is 1.10. The second-order valence-electron chi connectivity index (χ2n) is 3.65. The third kappa shape index (κ3) is 6.40. The molecule has 2 N–H and O–H groups in total. The number of hydrogen-bond acceptors (Lipinski definition) is 2. The summed E-state index contributed by atoms with van der Waals surface area (Å²) < 4.78 is 0. The van der Waals surface area contributed by atoms with Crippen molar-refractivity contribution in [2.45, 2.75) is 27.2 Å². The molecule has 0 radical (unpaired) electrons. The molecule has 0 heterocycles. The van der Waals surface area contributed by atoms with Gasteiger partial charge in [0, 0.05) is 19.2 Å². The molecule has 0 aromatic heterocycles. The van der Waals surface area contributed by atoms with E-state index in [1.807, 2.05) is 52.2 Å². The molecule has 0 aliphatic rings. The minimum Gasteiger partial charge on any atom is -0.394 e. The van der Waals surface area contributed by atoms with Crippen LogP contribution in [0.15, 0.2) is 47.9 Å². The second-order valence-corrected chi connectivity index (χ2v) is 3.65. The van der Waals surface area contributed by atoms with Gasteiger partial charge >= 0.3 is 0 Å². The molecule has 3 nitrogen and oxygen atoms in total. The Kier molecular flexibility index (Phi) is 7.52.